The third kappa shape index (κ3) is 4.26. The first-order chi connectivity index (χ1) is 16.1. The third-order valence-electron chi connectivity index (χ3n) is 5.01. The summed E-state index contributed by atoms with van der Waals surface area (Å²) in [5, 5.41) is 6.51. The van der Waals surface area contributed by atoms with E-state index in [-0.39, 0.29) is 11.8 Å². The van der Waals surface area contributed by atoms with E-state index in [0.29, 0.717) is 40.7 Å². The highest BCUT2D eigenvalue weighted by Gasteiger charge is 2.21. The van der Waals surface area contributed by atoms with Gasteiger partial charge in [-0.05, 0) is 36.4 Å². The highest BCUT2D eigenvalue weighted by Crippen LogP contribution is 2.36. The second kappa shape index (κ2) is 8.71. The van der Waals surface area contributed by atoms with Gasteiger partial charge < -0.3 is 20.1 Å². The summed E-state index contributed by atoms with van der Waals surface area (Å²) in [6.07, 6.45) is 3.43. The fraction of sp³-hybridized carbons (Fsp3) is 0.0833. The van der Waals surface area contributed by atoms with Crippen LogP contribution in [-0.4, -0.2) is 28.9 Å². The summed E-state index contributed by atoms with van der Waals surface area (Å²) in [6, 6.07) is 15.6. The van der Waals surface area contributed by atoms with Crippen molar-refractivity contribution in [2.75, 3.05) is 12.4 Å². The third-order valence-corrected chi connectivity index (χ3v) is 6.06. The van der Waals surface area contributed by atoms with Gasteiger partial charge in [-0.1, -0.05) is 12.1 Å². The molecule has 3 heterocycles. The molecule has 2 N–H and O–H groups in total. The number of nitrogens with one attached hydrogen (secondary N) is 2. The van der Waals surface area contributed by atoms with Crippen LogP contribution in [-0.2, 0) is 6.54 Å². The summed E-state index contributed by atoms with van der Waals surface area (Å²) in [5.41, 5.74) is 2.16. The highest BCUT2D eigenvalue weighted by molar-refractivity contribution is 7.15. The lowest BCUT2D eigenvalue weighted by atomic mass is 10.1. The molecule has 164 valence electrons. The van der Waals surface area contributed by atoms with Crippen molar-refractivity contribution >= 4 is 28.8 Å². The fourth-order valence-corrected chi connectivity index (χ4v) is 4.17. The Bertz CT molecular complexity index is 1350. The Balaban J connectivity index is 1.27. The van der Waals surface area contributed by atoms with Crippen molar-refractivity contribution in [3.8, 4) is 28.0 Å². The van der Waals surface area contributed by atoms with Gasteiger partial charge in [-0.2, -0.15) is 0 Å². The standard InChI is InChI=1S/C24H18N4O4S/c1-31-21-9-7-15(11-25-21)24-27-13-16(33-24)12-26-22(29)14-6-8-20-18(10-14)28-23(30)17-4-2-3-5-19(17)32-20/h2-11,13H,12H2,1H3,(H,26,29)(H,28,30). The number of hydrogen-bond acceptors (Lipinski definition) is 7. The van der Waals surface area contributed by atoms with E-state index in [9.17, 15) is 9.59 Å². The monoisotopic (exact) mass is 458 g/mol. The number of pyridine rings is 1. The highest BCUT2D eigenvalue weighted by atomic mass is 32.1. The molecule has 2 aromatic heterocycles. The summed E-state index contributed by atoms with van der Waals surface area (Å²) in [5.74, 6) is 0.931. The molecule has 0 saturated heterocycles. The largest absolute Gasteiger partial charge is 0.481 e. The topological polar surface area (TPSA) is 102 Å². The number of methoxy groups -OCH3 is 1. The molecule has 1 aliphatic rings. The summed E-state index contributed by atoms with van der Waals surface area (Å²) in [6.45, 7) is 0.325. The molecule has 0 aliphatic carbocycles. The van der Waals surface area contributed by atoms with E-state index >= 15 is 0 Å². The van der Waals surface area contributed by atoms with Crippen molar-refractivity contribution in [3.05, 3.63) is 83.0 Å². The molecule has 33 heavy (non-hydrogen) atoms. The Hall–Kier alpha value is -4.24. The zero-order valence-electron chi connectivity index (χ0n) is 17.5. The molecule has 9 heteroatoms. The molecule has 5 rings (SSSR count). The van der Waals surface area contributed by atoms with Crippen LogP contribution in [0.15, 0.2) is 67.0 Å². The predicted molar refractivity (Wildman–Crippen MR) is 124 cm³/mol. The smallest absolute Gasteiger partial charge is 0.259 e. The van der Waals surface area contributed by atoms with Gasteiger partial charge >= 0.3 is 0 Å². The maximum absolute atomic E-state index is 12.7. The molecule has 0 unspecified atom stereocenters. The lowest BCUT2D eigenvalue weighted by Gasteiger charge is -2.10. The molecule has 0 fully saturated rings. The van der Waals surface area contributed by atoms with Crippen LogP contribution in [0.2, 0.25) is 0 Å². The van der Waals surface area contributed by atoms with Gasteiger partial charge in [-0.15, -0.1) is 11.3 Å². The number of nitrogens with zero attached hydrogens (tertiary/aromatic N) is 2. The molecule has 0 radical (unpaired) electrons. The summed E-state index contributed by atoms with van der Waals surface area (Å²) in [4.78, 5) is 34.7. The number of amides is 2. The van der Waals surface area contributed by atoms with E-state index in [2.05, 4.69) is 20.6 Å². The minimum Gasteiger partial charge on any atom is -0.481 e. The molecule has 1 aliphatic heterocycles. The first kappa shape index (κ1) is 20.7. The second-order valence-corrected chi connectivity index (χ2v) is 8.28. The minimum absolute atomic E-state index is 0.269. The number of hydrogen-bond donors (Lipinski definition) is 2. The molecular weight excluding hydrogens is 440 g/mol. The normalized spacial score (nSPS) is 12.0. The van der Waals surface area contributed by atoms with Gasteiger partial charge in [0.1, 0.15) is 10.8 Å². The van der Waals surface area contributed by atoms with Crippen molar-refractivity contribution in [2.45, 2.75) is 6.54 Å². The lowest BCUT2D eigenvalue weighted by molar-refractivity contribution is 0.0950. The number of ether oxygens (including phenoxy) is 2. The molecule has 0 bridgehead atoms. The van der Waals surface area contributed by atoms with E-state index in [0.717, 1.165) is 15.4 Å². The minimum atomic E-state index is -0.285. The number of aromatic nitrogens is 2. The second-order valence-electron chi connectivity index (χ2n) is 7.17. The summed E-state index contributed by atoms with van der Waals surface area (Å²) in [7, 11) is 1.57. The van der Waals surface area contributed by atoms with Gasteiger partial charge in [0.2, 0.25) is 5.88 Å². The van der Waals surface area contributed by atoms with Crippen LogP contribution in [0.5, 0.6) is 17.4 Å². The zero-order valence-corrected chi connectivity index (χ0v) is 18.3. The van der Waals surface area contributed by atoms with E-state index in [1.165, 1.54) is 11.3 Å². The number of carbonyl (C=O) groups is 2. The van der Waals surface area contributed by atoms with Crippen molar-refractivity contribution in [1.29, 1.82) is 0 Å². The zero-order chi connectivity index (χ0) is 22.8. The first-order valence-corrected chi connectivity index (χ1v) is 10.9. The molecule has 4 aromatic rings. The number of anilines is 1. The van der Waals surface area contributed by atoms with Crippen molar-refractivity contribution in [2.24, 2.45) is 0 Å². The number of rotatable bonds is 5. The van der Waals surface area contributed by atoms with Gasteiger partial charge in [0, 0.05) is 34.5 Å². The Morgan fingerprint density at radius 2 is 1.97 bits per heavy atom. The van der Waals surface area contributed by atoms with Gasteiger partial charge in [0.15, 0.2) is 5.75 Å². The van der Waals surface area contributed by atoms with Crippen LogP contribution >= 0.6 is 11.3 Å². The number of thiazole rings is 1. The lowest BCUT2D eigenvalue weighted by Crippen LogP contribution is -2.22. The fourth-order valence-electron chi connectivity index (χ4n) is 3.33. The molecule has 0 atom stereocenters. The van der Waals surface area contributed by atoms with E-state index in [1.54, 1.807) is 68.0 Å². The van der Waals surface area contributed by atoms with Crippen LogP contribution in [0.3, 0.4) is 0 Å². The number of para-hydroxylation sites is 1. The van der Waals surface area contributed by atoms with Crippen LogP contribution in [0.25, 0.3) is 10.6 Å². The average molecular weight is 458 g/mol. The van der Waals surface area contributed by atoms with Crippen LogP contribution in [0.1, 0.15) is 25.6 Å². The summed E-state index contributed by atoms with van der Waals surface area (Å²) < 4.78 is 10.9. The first-order valence-electron chi connectivity index (χ1n) is 10.1. The number of benzene rings is 2. The Morgan fingerprint density at radius 3 is 2.79 bits per heavy atom. The molecule has 0 saturated carbocycles. The van der Waals surface area contributed by atoms with E-state index in [4.69, 9.17) is 9.47 Å². The Labute approximate surface area is 193 Å². The van der Waals surface area contributed by atoms with E-state index in [1.807, 2.05) is 6.07 Å². The molecule has 0 spiro atoms. The van der Waals surface area contributed by atoms with Crippen LogP contribution < -0.4 is 20.1 Å². The van der Waals surface area contributed by atoms with Gasteiger partial charge in [-0.25, -0.2) is 9.97 Å². The van der Waals surface area contributed by atoms with Crippen LogP contribution in [0.4, 0.5) is 5.69 Å². The van der Waals surface area contributed by atoms with Crippen molar-refractivity contribution in [3.63, 3.8) is 0 Å². The van der Waals surface area contributed by atoms with Gasteiger partial charge in [0.05, 0.1) is 24.9 Å². The van der Waals surface area contributed by atoms with Crippen LogP contribution in [0, 0.1) is 0 Å². The number of fused-ring (bicyclic) bond motifs is 2. The van der Waals surface area contributed by atoms with Gasteiger partial charge in [0.25, 0.3) is 11.8 Å². The maximum atomic E-state index is 12.7. The van der Waals surface area contributed by atoms with Gasteiger partial charge in [-0.3, -0.25) is 9.59 Å². The molecule has 2 amide bonds. The Morgan fingerprint density at radius 1 is 1.09 bits per heavy atom. The van der Waals surface area contributed by atoms with Crippen molar-refractivity contribution in [1.82, 2.24) is 15.3 Å². The Kier molecular flexibility index (Phi) is 5.45. The predicted octanol–water partition coefficient (Wildman–Crippen LogP) is 4.50. The van der Waals surface area contributed by atoms with Crippen molar-refractivity contribution < 1.29 is 19.1 Å². The molecule has 8 nitrogen and oxygen atoms in total. The van der Waals surface area contributed by atoms with E-state index < -0.39 is 0 Å². The quantitative estimate of drug-likeness (QED) is 0.457. The number of carbonyl (C=O) groups excluding carboxylic acids is 2. The SMILES string of the molecule is COc1ccc(-c2ncc(CNC(=O)c3ccc4c(c3)NC(=O)c3ccccc3O4)s2)cn1. The molecule has 2 aromatic carbocycles. The average Bonchev–Trinajstić information content (AvgIpc) is 3.27. The summed E-state index contributed by atoms with van der Waals surface area (Å²) >= 11 is 1.47. The maximum Gasteiger partial charge on any atom is 0.259 e. The molecular formula is C24H18N4O4S.